The molecule has 0 aliphatic carbocycles. The van der Waals surface area contributed by atoms with E-state index in [9.17, 15) is 4.79 Å². The van der Waals surface area contributed by atoms with Crippen LogP contribution in [0.3, 0.4) is 0 Å². The average Bonchev–Trinajstić information content (AvgIpc) is 2.17. The summed E-state index contributed by atoms with van der Waals surface area (Å²) in [7, 11) is 0. The molecule has 0 fully saturated rings. The van der Waals surface area contributed by atoms with Crippen LogP contribution in [0.1, 0.15) is 32.0 Å². The molecule has 0 saturated carbocycles. The SMILES string of the molecule is CCc1cc(C(C)(C)C(=O)O)ccn1. The number of aromatic nitrogens is 1. The number of carbonyl (C=O) groups is 1. The molecule has 1 heterocycles. The van der Waals surface area contributed by atoms with Gasteiger partial charge >= 0.3 is 5.97 Å². The Labute approximate surface area is 83.8 Å². The van der Waals surface area contributed by atoms with Crippen LogP contribution in [0.2, 0.25) is 0 Å². The minimum absolute atomic E-state index is 0.803. The highest BCUT2D eigenvalue weighted by atomic mass is 16.4. The molecule has 0 bridgehead atoms. The second-order valence-electron chi connectivity index (χ2n) is 3.82. The molecule has 0 aliphatic rings. The number of nitrogens with zero attached hydrogens (tertiary/aromatic N) is 1. The van der Waals surface area contributed by atoms with E-state index >= 15 is 0 Å². The third-order valence-electron chi connectivity index (χ3n) is 2.44. The summed E-state index contributed by atoms with van der Waals surface area (Å²) in [6.45, 7) is 5.40. The second-order valence-corrected chi connectivity index (χ2v) is 3.82. The Morgan fingerprint density at radius 2 is 2.21 bits per heavy atom. The van der Waals surface area contributed by atoms with Gasteiger partial charge in [0.15, 0.2) is 0 Å². The van der Waals surface area contributed by atoms with Crippen LogP contribution in [0.25, 0.3) is 0 Å². The fourth-order valence-electron chi connectivity index (χ4n) is 1.18. The minimum Gasteiger partial charge on any atom is -0.481 e. The van der Waals surface area contributed by atoms with Crippen molar-refractivity contribution in [2.45, 2.75) is 32.6 Å². The molecule has 1 N–H and O–H groups in total. The number of pyridine rings is 1. The topological polar surface area (TPSA) is 50.2 Å². The van der Waals surface area contributed by atoms with Crippen LogP contribution >= 0.6 is 0 Å². The van der Waals surface area contributed by atoms with Gasteiger partial charge in [0.25, 0.3) is 0 Å². The van der Waals surface area contributed by atoms with E-state index in [4.69, 9.17) is 5.11 Å². The van der Waals surface area contributed by atoms with Gasteiger partial charge in [0.05, 0.1) is 5.41 Å². The zero-order valence-corrected chi connectivity index (χ0v) is 8.74. The lowest BCUT2D eigenvalue weighted by Gasteiger charge is -2.19. The highest BCUT2D eigenvalue weighted by Crippen LogP contribution is 2.23. The van der Waals surface area contributed by atoms with Crippen molar-refractivity contribution < 1.29 is 9.90 Å². The van der Waals surface area contributed by atoms with Gasteiger partial charge in [-0.2, -0.15) is 0 Å². The zero-order chi connectivity index (χ0) is 10.8. The summed E-state index contributed by atoms with van der Waals surface area (Å²) in [5.74, 6) is -0.814. The van der Waals surface area contributed by atoms with Crippen molar-refractivity contribution in [3.63, 3.8) is 0 Å². The highest BCUT2D eigenvalue weighted by molar-refractivity contribution is 5.80. The van der Waals surface area contributed by atoms with E-state index in [1.54, 1.807) is 26.1 Å². The Morgan fingerprint density at radius 1 is 1.57 bits per heavy atom. The summed E-state index contributed by atoms with van der Waals surface area (Å²) in [6, 6.07) is 3.61. The van der Waals surface area contributed by atoms with Crippen LogP contribution in [-0.4, -0.2) is 16.1 Å². The van der Waals surface area contributed by atoms with Crippen LogP contribution in [0, 0.1) is 0 Å². The number of aliphatic carboxylic acids is 1. The van der Waals surface area contributed by atoms with E-state index in [2.05, 4.69) is 4.98 Å². The van der Waals surface area contributed by atoms with Gasteiger partial charge in [0.1, 0.15) is 0 Å². The van der Waals surface area contributed by atoms with Crippen molar-refractivity contribution in [2.24, 2.45) is 0 Å². The quantitative estimate of drug-likeness (QED) is 0.798. The van der Waals surface area contributed by atoms with Crippen molar-refractivity contribution >= 4 is 5.97 Å². The molecule has 0 aliphatic heterocycles. The number of hydrogen-bond acceptors (Lipinski definition) is 2. The Balaban J connectivity index is 3.12. The minimum atomic E-state index is -0.840. The van der Waals surface area contributed by atoms with E-state index in [0.717, 1.165) is 17.7 Å². The van der Waals surface area contributed by atoms with E-state index < -0.39 is 11.4 Å². The van der Waals surface area contributed by atoms with Gasteiger partial charge in [-0.25, -0.2) is 0 Å². The predicted octanol–water partition coefficient (Wildman–Crippen LogP) is 2.01. The van der Waals surface area contributed by atoms with E-state index in [0.29, 0.717) is 0 Å². The zero-order valence-electron chi connectivity index (χ0n) is 8.74. The van der Waals surface area contributed by atoms with Crippen molar-refractivity contribution in [2.75, 3.05) is 0 Å². The third-order valence-corrected chi connectivity index (χ3v) is 2.44. The van der Waals surface area contributed by atoms with Gasteiger partial charge in [-0.1, -0.05) is 6.92 Å². The van der Waals surface area contributed by atoms with Crippen LogP contribution < -0.4 is 0 Å². The number of rotatable bonds is 3. The summed E-state index contributed by atoms with van der Waals surface area (Å²) in [6.07, 6.45) is 2.49. The summed E-state index contributed by atoms with van der Waals surface area (Å²) >= 11 is 0. The highest BCUT2D eigenvalue weighted by Gasteiger charge is 2.29. The molecular formula is C11H15NO2. The molecular weight excluding hydrogens is 178 g/mol. The predicted molar refractivity (Wildman–Crippen MR) is 54.3 cm³/mol. The summed E-state index contributed by atoms with van der Waals surface area (Å²) < 4.78 is 0. The second kappa shape index (κ2) is 3.78. The molecule has 0 radical (unpaired) electrons. The van der Waals surface area contributed by atoms with Crippen LogP contribution in [-0.2, 0) is 16.6 Å². The maximum Gasteiger partial charge on any atom is 0.313 e. The monoisotopic (exact) mass is 193 g/mol. The fraction of sp³-hybridized carbons (Fsp3) is 0.455. The van der Waals surface area contributed by atoms with Gasteiger partial charge in [-0.15, -0.1) is 0 Å². The number of carboxylic acids is 1. The van der Waals surface area contributed by atoms with Crippen molar-refractivity contribution in [1.82, 2.24) is 4.98 Å². The van der Waals surface area contributed by atoms with E-state index in [-0.39, 0.29) is 0 Å². The molecule has 0 amide bonds. The molecule has 76 valence electrons. The number of carboxylic acid groups (broad SMARTS) is 1. The van der Waals surface area contributed by atoms with Gasteiger partial charge in [-0.05, 0) is 38.0 Å². The van der Waals surface area contributed by atoms with Crippen LogP contribution in [0.5, 0.6) is 0 Å². The van der Waals surface area contributed by atoms with Gasteiger partial charge in [0, 0.05) is 11.9 Å². The van der Waals surface area contributed by atoms with Crippen molar-refractivity contribution in [3.8, 4) is 0 Å². The maximum absolute atomic E-state index is 11.0. The Bertz CT molecular complexity index is 345. The van der Waals surface area contributed by atoms with E-state index in [1.165, 1.54) is 0 Å². The van der Waals surface area contributed by atoms with E-state index in [1.807, 2.05) is 13.0 Å². The Hall–Kier alpha value is -1.38. The average molecular weight is 193 g/mol. The molecule has 3 nitrogen and oxygen atoms in total. The molecule has 1 rings (SSSR count). The van der Waals surface area contributed by atoms with Crippen LogP contribution in [0.15, 0.2) is 18.3 Å². The van der Waals surface area contributed by atoms with Crippen LogP contribution in [0.4, 0.5) is 0 Å². The van der Waals surface area contributed by atoms with Gasteiger partial charge in [-0.3, -0.25) is 9.78 Å². The fourth-order valence-corrected chi connectivity index (χ4v) is 1.18. The normalized spacial score (nSPS) is 11.4. The molecule has 14 heavy (non-hydrogen) atoms. The lowest BCUT2D eigenvalue weighted by Crippen LogP contribution is -2.28. The number of hydrogen-bond donors (Lipinski definition) is 1. The van der Waals surface area contributed by atoms with Crippen molar-refractivity contribution in [3.05, 3.63) is 29.6 Å². The first-order chi connectivity index (χ1) is 6.48. The lowest BCUT2D eigenvalue weighted by atomic mass is 9.85. The van der Waals surface area contributed by atoms with Gasteiger partial charge < -0.3 is 5.11 Å². The largest absolute Gasteiger partial charge is 0.481 e. The maximum atomic E-state index is 11.0. The molecule has 0 atom stereocenters. The lowest BCUT2D eigenvalue weighted by molar-refractivity contribution is -0.142. The number of aryl methyl sites for hydroxylation is 1. The first-order valence-electron chi connectivity index (χ1n) is 4.67. The molecule has 0 spiro atoms. The molecule has 0 saturated heterocycles. The van der Waals surface area contributed by atoms with Gasteiger partial charge in [0.2, 0.25) is 0 Å². The molecule has 1 aromatic rings. The smallest absolute Gasteiger partial charge is 0.313 e. The first-order valence-corrected chi connectivity index (χ1v) is 4.67. The Kier molecular flexibility index (Phi) is 2.89. The first kappa shape index (κ1) is 10.7. The summed E-state index contributed by atoms with van der Waals surface area (Å²) in [5, 5.41) is 9.04. The summed E-state index contributed by atoms with van der Waals surface area (Å²) in [4.78, 5) is 15.1. The molecule has 3 heteroatoms. The Morgan fingerprint density at radius 3 is 2.71 bits per heavy atom. The third kappa shape index (κ3) is 1.92. The summed E-state index contributed by atoms with van der Waals surface area (Å²) in [5.41, 5.74) is 0.890. The molecule has 0 aromatic carbocycles. The molecule has 0 unspecified atom stereocenters. The van der Waals surface area contributed by atoms with Crippen molar-refractivity contribution in [1.29, 1.82) is 0 Å². The molecule has 1 aromatic heterocycles. The standard InChI is InChI=1S/C11H15NO2/c1-4-9-7-8(5-6-12-9)11(2,3)10(13)14/h5-7H,4H2,1-3H3,(H,13,14).